The molecule has 158 valence electrons. The maximum Gasteiger partial charge on any atom is 0.308 e. The predicted octanol–water partition coefficient (Wildman–Crippen LogP) is 2.42. The minimum absolute atomic E-state index is 0.194. The molecular formula is C21H21ClN2O6. The van der Waals surface area contributed by atoms with Gasteiger partial charge < -0.3 is 14.8 Å². The number of imide groups is 1. The second-order valence-corrected chi connectivity index (χ2v) is 6.71. The molecule has 0 saturated carbocycles. The zero-order valence-corrected chi connectivity index (χ0v) is 17.2. The van der Waals surface area contributed by atoms with Crippen molar-refractivity contribution in [2.75, 3.05) is 13.7 Å². The summed E-state index contributed by atoms with van der Waals surface area (Å²) in [4.78, 5) is 47.5. The Morgan fingerprint density at radius 2 is 1.63 bits per heavy atom. The van der Waals surface area contributed by atoms with Crippen molar-refractivity contribution in [2.45, 2.75) is 19.4 Å². The van der Waals surface area contributed by atoms with Gasteiger partial charge in [0, 0.05) is 17.5 Å². The number of hydrogen-bond donors (Lipinski definition) is 2. The molecule has 1 unspecified atom stereocenters. The van der Waals surface area contributed by atoms with Crippen LogP contribution in [0, 0.1) is 0 Å². The summed E-state index contributed by atoms with van der Waals surface area (Å²) in [6.45, 7) is 0.695. The number of rotatable bonds is 8. The molecule has 30 heavy (non-hydrogen) atoms. The zero-order chi connectivity index (χ0) is 22.1. The van der Waals surface area contributed by atoms with Crippen LogP contribution in [-0.2, 0) is 19.1 Å². The number of halogens is 1. The minimum Gasteiger partial charge on any atom is -0.497 e. The van der Waals surface area contributed by atoms with Crippen molar-refractivity contribution in [1.29, 1.82) is 0 Å². The molecular weight excluding hydrogens is 412 g/mol. The lowest BCUT2D eigenvalue weighted by Gasteiger charge is -2.17. The highest BCUT2D eigenvalue weighted by Crippen LogP contribution is 2.20. The Labute approximate surface area is 178 Å². The molecule has 2 aromatic rings. The molecule has 8 nitrogen and oxygen atoms in total. The van der Waals surface area contributed by atoms with Gasteiger partial charge in [0.1, 0.15) is 5.75 Å². The normalized spacial score (nSPS) is 11.2. The quantitative estimate of drug-likeness (QED) is 0.620. The second kappa shape index (κ2) is 11.0. The van der Waals surface area contributed by atoms with Crippen LogP contribution in [0.2, 0.25) is 5.02 Å². The van der Waals surface area contributed by atoms with Crippen LogP contribution in [0.5, 0.6) is 5.75 Å². The average molecular weight is 433 g/mol. The van der Waals surface area contributed by atoms with E-state index < -0.39 is 30.4 Å². The summed E-state index contributed by atoms with van der Waals surface area (Å²) in [5, 5.41) is 5.30. The van der Waals surface area contributed by atoms with Crippen molar-refractivity contribution in [2.24, 2.45) is 0 Å². The second-order valence-electron chi connectivity index (χ2n) is 6.28. The average Bonchev–Trinajstić information content (AvgIpc) is 2.72. The topological polar surface area (TPSA) is 111 Å². The van der Waals surface area contributed by atoms with E-state index in [1.807, 2.05) is 0 Å². The van der Waals surface area contributed by atoms with Crippen molar-refractivity contribution in [3.8, 4) is 5.75 Å². The molecule has 2 rings (SSSR count). The van der Waals surface area contributed by atoms with Crippen LogP contribution < -0.4 is 15.4 Å². The lowest BCUT2D eigenvalue weighted by atomic mass is 10.0. The van der Waals surface area contributed by atoms with E-state index in [1.54, 1.807) is 36.4 Å². The summed E-state index contributed by atoms with van der Waals surface area (Å²) in [6.07, 6.45) is -0.194. The van der Waals surface area contributed by atoms with E-state index in [-0.39, 0.29) is 17.9 Å². The number of amides is 3. The molecule has 9 heteroatoms. The van der Waals surface area contributed by atoms with E-state index >= 15 is 0 Å². The maximum absolute atomic E-state index is 12.1. The van der Waals surface area contributed by atoms with Crippen molar-refractivity contribution in [3.05, 3.63) is 64.7 Å². The highest BCUT2D eigenvalue weighted by Gasteiger charge is 2.19. The molecule has 0 spiro atoms. The molecule has 0 bridgehead atoms. The fraction of sp³-hybridized carbons (Fsp3) is 0.238. The van der Waals surface area contributed by atoms with Crippen LogP contribution in [0.3, 0.4) is 0 Å². The molecule has 0 aromatic heterocycles. The highest BCUT2D eigenvalue weighted by atomic mass is 35.5. The monoisotopic (exact) mass is 432 g/mol. The van der Waals surface area contributed by atoms with Crippen LogP contribution in [0.1, 0.15) is 35.3 Å². The predicted molar refractivity (Wildman–Crippen MR) is 109 cm³/mol. The van der Waals surface area contributed by atoms with E-state index in [0.717, 1.165) is 0 Å². The molecule has 0 radical (unpaired) electrons. The van der Waals surface area contributed by atoms with Gasteiger partial charge in [0.05, 0.1) is 19.6 Å². The molecule has 2 aromatic carbocycles. The van der Waals surface area contributed by atoms with E-state index in [9.17, 15) is 19.2 Å². The Morgan fingerprint density at radius 3 is 2.20 bits per heavy atom. The maximum atomic E-state index is 12.1. The first-order valence-corrected chi connectivity index (χ1v) is 9.32. The van der Waals surface area contributed by atoms with Crippen LogP contribution >= 0.6 is 11.6 Å². The molecule has 1 atom stereocenters. The summed E-state index contributed by atoms with van der Waals surface area (Å²) >= 11 is 5.86. The van der Waals surface area contributed by atoms with Crippen molar-refractivity contribution in [1.82, 2.24) is 10.6 Å². The Morgan fingerprint density at radius 1 is 1.00 bits per heavy atom. The largest absolute Gasteiger partial charge is 0.497 e. The van der Waals surface area contributed by atoms with E-state index in [4.69, 9.17) is 21.1 Å². The third-order valence-electron chi connectivity index (χ3n) is 3.99. The van der Waals surface area contributed by atoms with Gasteiger partial charge in [-0.15, -0.1) is 0 Å². The number of nitrogens with one attached hydrogen (secondary N) is 2. The standard InChI is InChI=1S/C21H21ClN2O6/c1-13(25)23-18(14-3-7-16(22)8-4-14)11-20(27)30-12-19(26)24-21(28)15-5-9-17(29-2)10-6-15/h3-10,18H,11-12H2,1-2H3,(H,23,25)(H,24,26,28). The van der Waals surface area contributed by atoms with Crippen LogP contribution in [-0.4, -0.2) is 37.4 Å². The summed E-state index contributed by atoms with van der Waals surface area (Å²) in [7, 11) is 1.50. The first kappa shape index (κ1) is 22.9. The van der Waals surface area contributed by atoms with Gasteiger partial charge in [-0.1, -0.05) is 23.7 Å². The van der Waals surface area contributed by atoms with Crippen molar-refractivity contribution in [3.63, 3.8) is 0 Å². The first-order chi connectivity index (χ1) is 14.3. The number of benzene rings is 2. The molecule has 0 aliphatic heterocycles. The number of carbonyl (C=O) groups is 4. The van der Waals surface area contributed by atoms with Gasteiger partial charge in [-0.05, 0) is 42.0 Å². The molecule has 3 amide bonds. The molecule has 0 heterocycles. The fourth-order valence-electron chi connectivity index (χ4n) is 2.54. The number of esters is 1. The van der Waals surface area contributed by atoms with Crippen LogP contribution in [0.25, 0.3) is 0 Å². The molecule has 0 aliphatic carbocycles. The Kier molecular flexibility index (Phi) is 8.37. The van der Waals surface area contributed by atoms with E-state index in [0.29, 0.717) is 16.3 Å². The lowest BCUT2D eigenvalue weighted by molar-refractivity contribution is -0.149. The van der Waals surface area contributed by atoms with Gasteiger partial charge in [-0.25, -0.2) is 0 Å². The molecule has 0 fully saturated rings. The van der Waals surface area contributed by atoms with Gasteiger partial charge >= 0.3 is 5.97 Å². The van der Waals surface area contributed by atoms with Gasteiger partial charge in [-0.2, -0.15) is 0 Å². The zero-order valence-electron chi connectivity index (χ0n) is 16.4. The van der Waals surface area contributed by atoms with E-state index in [1.165, 1.54) is 26.2 Å². The fourth-order valence-corrected chi connectivity index (χ4v) is 2.67. The number of carbonyl (C=O) groups excluding carboxylic acids is 4. The summed E-state index contributed by atoms with van der Waals surface area (Å²) < 4.78 is 9.93. The highest BCUT2D eigenvalue weighted by molar-refractivity contribution is 6.30. The summed E-state index contributed by atoms with van der Waals surface area (Å²) in [5.41, 5.74) is 0.912. The van der Waals surface area contributed by atoms with Crippen molar-refractivity contribution >= 4 is 35.3 Å². The van der Waals surface area contributed by atoms with E-state index in [2.05, 4.69) is 10.6 Å². The SMILES string of the molecule is COc1ccc(C(=O)NC(=O)COC(=O)CC(NC(C)=O)c2ccc(Cl)cc2)cc1. The van der Waals surface area contributed by atoms with Crippen molar-refractivity contribution < 1.29 is 28.7 Å². The first-order valence-electron chi connectivity index (χ1n) is 8.95. The van der Waals surface area contributed by atoms with Gasteiger partial charge in [0.2, 0.25) is 5.91 Å². The Bertz CT molecular complexity index is 912. The van der Waals surface area contributed by atoms with Crippen LogP contribution in [0.4, 0.5) is 0 Å². The smallest absolute Gasteiger partial charge is 0.308 e. The third kappa shape index (κ3) is 7.21. The van der Waals surface area contributed by atoms with Gasteiger partial charge in [0.15, 0.2) is 6.61 Å². The number of ether oxygens (including phenoxy) is 2. The molecule has 0 saturated heterocycles. The minimum atomic E-state index is -0.772. The number of hydrogen-bond acceptors (Lipinski definition) is 6. The third-order valence-corrected chi connectivity index (χ3v) is 4.24. The Balaban J connectivity index is 1.87. The molecule has 2 N–H and O–H groups in total. The summed E-state index contributed by atoms with van der Waals surface area (Å²) in [6, 6.07) is 12.1. The Hall–Kier alpha value is -3.39. The van der Waals surface area contributed by atoms with Gasteiger partial charge in [0.25, 0.3) is 11.8 Å². The lowest BCUT2D eigenvalue weighted by Crippen LogP contribution is -2.35. The van der Waals surface area contributed by atoms with Gasteiger partial charge in [-0.3, -0.25) is 24.5 Å². The van der Waals surface area contributed by atoms with Crippen LogP contribution in [0.15, 0.2) is 48.5 Å². The number of methoxy groups -OCH3 is 1. The summed E-state index contributed by atoms with van der Waals surface area (Å²) in [5.74, 6) is -1.87. The molecule has 0 aliphatic rings.